The fraction of sp³-hybridized carbons (Fsp3) is 0.188. The molecule has 0 unspecified atom stereocenters. The van der Waals surface area contributed by atoms with Gasteiger partial charge in [0.05, 0.1) is 5.69 Å². The molecule has 1 aromatic carbocycles. The van der Waals surface area contributed by atoms with Crippen LogP contribution in [-0.2, 0) is 16.2 Å². The molecule has 0 fully saturated rings. The van der Waals surface area contributed by atoms with Gasteiger partial charge in [0.2, 0.25) is 0 Å². The Kier molecular flexibility index (Phi) is 5.68. The third-order valence-electron chi connectivity index (χ3n) is 3.32. The molecule has 3 rings (SSSR count). The molecule has 0 radical (unpaired) electrons. The first-order valence-electron chi connectivity index (χ1n) is 7.72. The van der Waals surface area contributed by atoms with Gasteiger partial charge in [-0.15, -0.1) is 11.3 Å². The number of benzene rings is 1. The van der Waals surface area contributed by atoms with Crippen LogP contribution in [0, 0.1) is 6.92 Å². The number of aromatic nitrogens is 3. The number of carbonyl (C=O) groups excluding carboxylic acids is 1. The first-order chi connectivity index (χ1) is 13.3. The SMILES string of the molecule is Cc1nonc1/C(=N\OCc1csc(NC(=O)C(F)(F)F)n1)c1ccccc1. The predicted octanol–water partition coefficient (Wildman–Crippen LogP) is 3.30. The van der Waals surface area contributed by atoms with Gasteiger partial charge >= 0.3 is 12.1 Å². The highest BCUT2D eigenvalue weighted by Crippen LogP contribution is 2.21. The number of anilines is 1. The second-order valence-electron chi connectivity index (χ2n) is 5.37. The minimum Gasteiger partial charge on any atom is -0.389 e. The number of amides is 1. The summed E-state index contributed by atoms with van der Waals surface area (Å²) in [6.45, 7) is 1.57. The van der Waals surface area contributed by atoms with Gasteiger partial charge in [0.1, 0.15) is 11.4 Å². The number of aryl methyl sites for hydroxylation is 1. The van der Waals surface area contributed by atoms with Crippen LogP contribution >= 0.6 is 11.3 Å². The number of alkyl halides is 3. The van der Waals surface area contributed by atoms with Crippen LogP contribution in [0.1, 0.15) is 22.6 Å². The van der Waals surface area contributed by atoms with E-state index in [1.165, 1.54) is 5.38 Å². The van der Waals surface area contributed by atoms with E-state index in [1.807, 2.05) is 18.2 Å². The van der Waals surface area contributed by atoms with Crippen molar-refractivity contribution in [1.29, 1.82) is 0 Å². The summed E-state index contributed by atoms with van der Waals surface area (Å²) in [5.74, 6) is -2.09. The molecule has 1 amide bonds. The Labute approximate surface area is 160 Å². The van der Waals surface area contributed by atoms with Gasteiger partial charge in [-0.25, -0.2) is 9.61 Å². The molecule has 0 aliphatic heterocycles. The van der Waals surface area contributed by atoms with Crippen LogP contribution in [0.5, 0.6) is 0 Å². The van der Waals surface area contributed by atoms with Gasteiger partial charge in [0.15, 0.2) is 17.4 Å². The zero-order chi connectivity index (χ0) is 20.1. The van der Waals surface area contributed by atoms with E-state index >= 15 is 0 Å². The van der Waals surface area contributed by atoms with Crippen molar-refractivity contribution in [2.75, 3.05) is 5.32 Å². The number of halogens is 3. The second-order valence-corrected chi connectivity index (χ2v) is 6.23. The summed E-state index contributed by atoms with van der Waals surface area (Å²) in [6, 6.07) is 9.04. The van der Waals surface area contributed by atoms with E-state index in [9.17, 15) is 18.0 Å². The molecule has 28 heavy (non-hydrogen) atoms. The van der Waals surface area contributed by atoms with Crippen LogP contribution in [0.4, 0.5) is 18.3 Å². The predicted molar refractivity (Wildman–Crippen MR) is 92.7 cm³/mol. The van der Waals surface area contributed by atoms with Gasteiger partial charge in [-0.05, 0) is 12.1 Å². The van der Waals surface area contributed by atoms with E-state index in [1.54, 1.807) is 24.4 Å². The van der Waals surface area contributed by atoms with Crippen LogP contribution in [0.3, 0.4) is 0 Å². The van der Waals surface area contributed by atoms with E-state index < -0.39 is 12.1 Å². The average molecular weight is 411 g/mol. The molecule has 2 heterocycles. The summed E-state index contributed by atoms with van der Waals surface area (Å²) in [7, 11) is 0. The fourth-order valence-corrected chi connectivity index (χ4v) is 2.73. The zero-order valence-electron chi connectivity index (χ0n) is 14.2. The highest BCUT2D eigenvalue weighted by atomic mass is 32.1. The standard InChI is InChI=1S/C16H12F3N5O3S/c1-9-12(24-27-22-9)13(10-5-3-2-4-6-10)23-26-7-11-8-28-15(20-11)21-14(25)16(17,18)19/h2-6,8H,7H2,1H3,(H,20,21,25)/b23-13-. The highest BCUT2D eigenvalue weighted by Gasteiger charge is 2.39. The lowest BCUT2D eigenvalue weighted by Gasteiger charge is -2.05. The molecule has 3 aromatic rings. The molecular formula is C16H12F3N5O3S. The maximum Gasteiger partial charge on any atom is 0.471 e. The number of hydrogen-bond acceptors (Lipinski definition) is 8. The monoisotopic (exact) mass is 411 g/mol. The maximum atomic E-state index is 12.3. The van der Waals surface area contributed by atoms with Crippen molar-refractivity contribution in [3.63, 3.8) is 0 Å². The van der Waals surface area contributed by atoms with E-state index in [4.69, 9.17) is 9.47 Å². The van der Waals surface area contributed by atoms with E-state index in [2.05, 4.69) is 20.5 Å². The Morgan fingerprint density at radius 1 is 1.29 bits per heavy atom. The number of oxime groups is 1. The first kappa shape index (κ1) is 19.5. The summed E-state index contributed by atoms with van der Waals surface area (Å²) < 4.78 is 41.5. The summed E-state index contributed by atoms with van der Waals surface area (Å²) in [5.41, 5.74) is 2.28. The van der Waals surface area contributed by atoms with Crippen LogP contribution in [0.25, 0.3) is 0 Å². The topological polar surface area (TPSA) is 103 Å². The molecule has 0 saturated carbocycles. The Morgan fingerprint density at radius 3 is 2.68 bits per heavy atom. The molecule has 8 nitrogen and oxygen atoms in total. The van der Waals surface area contributed by atoms with E-state index in [0.717, 1.165) is 11.3 Å². The third kappa shape index (κ3) is 4.71. The van der Waals surface area contributed by atoms with Crippen molar-refractivity contribution in [1.82, 2.24) is 15.3 Å². The number of carbonyl (C=O) groups is 1. The zero-order valence-corrected chi connectivity index (χ0v) is 15.0. The second kappa shape index (κ2) is 8.17. The smallest absolute Gasteiger partial charge is 0.389 e. The molecule has 0 saturated heterocycles. The van der Waals surface area contributed by atoms with Gasteiger partial charge in [-0.2, -0.15) is 13.2 Å². The molecule has 2 aromatic heterocycles. The average Bonchev–Trinajstić information content (AvgIpc) is 3.28. The van der Waals surface area contributed by atoms with E-state index in [-0.39, 0.29) is 11.7 Å². The van der Waals surface area contributed by atoms with Gasteiger partial charge in [0.25, 0.3) is 0 Å². The fourth-order valence-electron chi connectivity index (χ4n) is 2.04. The van der Waals surface area contributed by atoms with Gasteiger partial charge in [-0.1, -0.05) is 40.6 Å². The largest absolute Gasteiger partial charge is 0.471 e. The quantitative estimate of drug-likeness (QED) is 0.493. The molecule has 0 bridgehead atoms. The summed E-state index contributed by atoms with van der Waals surface area (Å²) in [5, 5.41) is 14.5. The number of thiazole rings is 1. The van der Waals surface area contributed by atoms with Crippen molar-refractivity contribution in [3.05, 3.63) is 58.4 Å². The Morgan fingerprint density at radius 2 is 2.04 bits per heavy atom. The third-order valence-corrected chi connectivity index (χ3v) is 4.13. The van der Waals surface area contributed by atoms with Gasteiger partial charge in [-0.3, -0.25) is 10.1 Å². The number of nitrogens with one attached hydrogen (secondary N) is 1. The van der Waals surface area contributed by atoms with Crippen molar-refractivity contribution < 1.29 is 27.4 Å². The number of hydrogen-bond donors (Lipinski definition) is 1. The van der Waals surface area contributed by atoms with E-state index in [0.29, 0.717) is 28.4 Å². The molecule has 0 spiro atoms. The van der Waals surface area contributed by atoms with Crippen molar-refractivity contribution in [2.45, 2.75) is 19.7 Å². The molecule has 146 valence electrons. The van der Waals surface area contributed by atoms with Crippen LogP contribution < -0.4 is 5.32 Å². The lowest BCUT2D eigenvalue weighted by atomic mass is 10.1. The normalized spacial score (nSPS) is 12.1. The van der Waals surface area contributed by atoms with Gasteiger partial charge in [0, 0.05) is 10.9 Å². The van der Waals surface area contributed by atoms with Crippen LogP contribution in [0.15, 0.2) is 45.5 Å². The minimum atomic E-state index is -4.99. The number of rotatable bonds is 6. The van der Waals surface area contributed by atoms with Crippen LogP contribution in [0.2, 0.25) is 0 Å². The lowest BCUT2D eigenvalue weighted by molar-refractivity contribution is -0.167. The van der Waals surface area contributed by atoms with Crippen molar-refractivity contribution in [3.8, 4) is 0 Å². The van der Waals surface area contributed by atoms with Crippen molar-refractivity contribution >= 4 is 28.1 Å². The molecule has 1 N–H and O–H groups in total. The number of nitrogens with zero attached hydrogens (tertiary/aromatic N) is 4. The maximum absolute atomic E-state index is 12.3. The Bertz CT molecular complexity index is 985. The molecule has 0 aliphatic rings. The van der Waals surface area contributed by atoms with Crippen molar-refractivity contribution in [2.24, 2.45) is 5.16 Å². The Balaban J connectivity index is 1.71. The highest BCUT2D eigenvalue weighted by molar-refractivity contribution is 7.13. The first-order valence-corrected chi connectivity index (χ1v) is 8.60. The minimum absolute atomic E-state index is 0.126. The van der Waals surface area contributed by atoms with Gasteiger partial charge < -0.3 is 4.84 Å². The molecule has 0 aliphatic carbocycles. The molecular weight excluding hydrogens is 399 g/mol. The lowest BCUT2D eigenvalue weighted by Crippen LogP contribution is -2.29. The molecule has 0 atom stereocenters. The van der Waals surface area contributed by atoms with Crippen LogP contribution in [-0.4, -0.2) is 33.1 Å². The summed E-state index contributed by atoms with van der Waals surface area (Å²) in [4.78, 5) is 20.1. The summed E-state index contributed by atoms with van der Waals surface area (Å²) in [6.07, 6.45) is -4.99. The molecule has 12 heteroatoms. The summed E-state index contributed by atoms with van der Waals surface area (Å²) >= 11 is 0.841. The Hall–Kier alpha value is -3.28.